The highest BCUT2D eigenvalue weighted by Crippen LogP contribution is 2.17. The van der Waals surface area contributed by atoms with Gasteiger partial charge < -0.3 is 20.7 Å². The highest BCUT2D eigenvalue weighted by atomic mass is 16.6. The van der Waals surface area contributed by atoms with E-state index in [1.807, 2.05) is 20.8 Å². The van der Waals surface area contributed by atoms with Gasteiger partial charge in [-0.2, -0.15) is 0 Å². The molecule has 3 N–H and O–H groups in total. The maximum atomic E-state index is 11.5. The molecule has 0 bridgehead atoms. The van der Waals surface area contributed by atoms with Gasteiger partial charge in [0.1, 0.15) is 5.60 Å². The number of nitrogens with zero attached hydrogens (tertiary/aromatic N) is 1. The van der Waals surface area contributed by atoms with Crippen LogP contribution in [0.4, 0.5) is 4.79 Å². The Balaban J connectivity index is 2.21. The van der Waals surface area contributed by atoms with E-state index in [1.165, 1.54) is 25.7 Å². The molecule has 0 aliphatic heterocycles. The second-order valence-corrected chi connectivity index (χ2v) is 6.67. The number of alkyl carbamates (subject to hydrolysis) is 1. The second-order valence-electron chi connectivity index (χ2n) is 6.67. The SMILES string of the molecule is CCNC(=NCCCNC(=O)OC(C)(C)C)NC1CCCC1. The smallest absolute Gasteiger partial charge is 0.407 e. The molecule has 22 heavy (non-hydrogen) atoms. The van der Waals surface area contributed by atoms with Gasteiger partial charge in [-0.05, 0) is 47.0 Å². The number of amides is 1. The molecule has 0 aromatic rings. The zero-order valence-corrected chi connectivity index (χ0v) is 14.5. The van der Waals surface area contributed by atoms with Crippen molar-refractivity contribution in [1.82, 2.24) is 16.0 Å². The molecular formula is C16H32N4O2. The molecule has 1 aliphatic carbocycles. The van der Waals surface area contributed by atoms with Crippen molar-refractivity contribution in [3.63, 3.8) is 0 Å². The average Bonchev–Trinajstić information content (AvgIpc) is 2.89. The summed E-state index contributed by atoms with van der Waals surface area (Å²) >= 11 is 0. The first-order chi connectivity index (χ1) is 10.4. The van der Waals surface area contributed by atoms with Crippen LogP contribution in [0.15, 0.2) is 4.99 Å². The fraction of sp³-hybridized carbons (Fsp3) is 0.875. The summed E-state index contributed by atoms with van der Waals surface area (Å²) < 4.78 is 5.18. The van der Waals surface area contributed by atoms with Crippen molar-refractivity contribution in [2.24, 2.45) is 4.99 Å². The maximum Gasteiger partial charge on any atom is 0.407 e. The van der Waals surface area contributed by atoms with E-state index in [0.29, 0.717) is 19.1 Å². The minimum absolute atomic E-state index is 0.368. The molecule has 1 saturated carbocycles. The molecule has 1 rings (SSSR count). The van der Waals surface area contributed by atoms with Crippen molar-refractivity contribution in [2.45, 2.75) is 71.4 Å². The summed E-state index contributed by atoms with van der Waals surface area (Å²) in [4.78, 5) is 16.0. The molecule has 6 nitrogen and oxygen atoms in total. The molecule has 128 valence electrons. The van der Waals surface area contributed by atoms with Crippen LogP contribution < -0.4 is 16.0 Å². The van der Waals surface area contributed by atoms with Gasteiger partial charge >= 0.3 is 6.09 Å². The lowest BCUT2D eigenvalue weighted by Crippen LogP contribution is -2.42. The molecule has 0 spiro atoms. The third-order valence-corrected chi connectivity index (χ3v) is 3.31. The van der Waals surface area contributed by atoms with Gasteiger partial charge in [-0.3, -0.25) is 4.99 Å². The van der Waals surface area contributed by atoms with Crippen LogP contribution >= 0.6 is 0 Å². The van der Waals surface area contributed by atoms with Gasteiger partial charge in [-0.15, -0.1) is 0 Å². The molecule has 0 saturated heterocycles. The number of hydrogen-bond donors (Lipinski definition) is 3. The number of rotatable bonds is 6. The Labute approximate surface area is 134 Å². The predicted molar refractivity (Wildman–Crippen MR) is 90.2 cm³/mol. The van der Waals surface area contributed by atoms with Crippen LogP contribution in [-0.2, 0) is 4.74 Å². The van der Waals surface area contributed by atoms with Gasteiger partial charge in [0.05, 0.1) is 0 Å². The molecule has 0 unspecified atom stereocenters. The van der Waals surface area contributed by atoms with Gasteiger partial charge in [0.15, 0.2) is 5.96 Å². The largest absolute Gasteiger partial charge is 0.444 e. The number of aliphatic imine (C=N–C) groups is 1. The zero-order chi connectivity index (χ0) is 16.4. The quantitative estimate of drug-likeness (QED) is 0.400. The lowest BCUT2D eigenvalue weighted by molar-refractivity contribution is 0.0527. The number of guanidine groups is 1. The van der Waals surface area contributed by atoms with E-state index in [9.17, 15) is 4.79 Å². The summed E-state index contributed by atoms with van der Waals surface area (Å²) in [6.45, 7) is 9.74. The van der Waals surface area contributed by atoms with Gasteiger partial charge in [-0.25, -0.2) is 4.79 Å². The van der Waals surface area contributed by atoms with Crippen LogP contribution in [0.2, 0.25) is 0 Å². The van der Waals surface area contributed by atoms with E-state index in [1.54, 1.807) is 0 Å². The molecule has 0 aromatic carbocycles. The van der Waals surface area contributed by atoms with Gasteiger partial charge in [0, 0.05) is 25.7 Å². The van der Waals surface area contributed by atoms with E-state index in [2.05, 4.69) is 27.9 Å². The van der Waals surface area contributed by atoms with E-state index in [0.717, 1.165) is 18.9 Å². The molecule has 0 radical (unpaired) electrons. The predicted octanol–water partition coefficient (Wildman–Crippen LogP) is 2.40. The third-order valence-electron chi connectivity index (χ3n) is 3.31. The first-order valence-corrected chi connectivity index (χ1v) is 8.42. The van der Waals surface area contributed by atoms with Crippen molar-refractivity contribution in [1.29, 1.82) is 0 Å². The fourth-order valence-electron chi connectivity index (χ4n) is 2.36. The van der Waals surface area contributed by atoms with E-state index >= 15 is 0 Å². The number of hydrogen-bond acceptors (Lipinski definition) is 3. The van der Waals surface area contributed by atoms with E-state index < -0.39 is 5.60 Å². The average molecular weight is 312 g/mol. The maximum absolute atomic E-state index is 11.5. The van der Waals surface area contributed by atoms with E-state index in [-0.39, 0.29) is 6.09 Å². The van der Waals surface area contributed by atoms with Gasteiger partial charge in [-0.1, -0.05) is 12.8 Å². The molecule has 0 aromatic heterocycles. The van der Waals surface area contributed by atoms with E-state index in [4.69, 9.17) is 4.74 Å². The van der Waals surface area contributed by atoms with Crippen molar-refractivity contribution >= 4 is 12.1 Å². The molecule has 1 aliphatic rings. The Hall–Kier alpha value is -1.46. The fourth-order valence-corrected chi connectivity index (χ4v) is 2.36. The third kappa shape index (κ3) is 8.74. The normalized spacial score (nSPS) is 16.5. The van der Waals surface area contributed by atoms with Gasteiger partial charge in [0.2, 0.25) is 0 Å². The van der Waals surface area contributed by atoms with Crippen molar-refractivity contribution < 1.29 is 9.53 Å². The lowest BCUT2D eigenvalue weighted by atomic mass is 10.2. The van der Waals surface area contributed by atoms with Gasteiger partial charge in [0.25, 0.3) is 0 Å². The van der Waals surface area contributed by atoms with Crippen LogP contribution in [-0.4, -0.2) is 43.3 Å². The topological polar surface area (TPSA) is 74.8 Å². The Morgan fingerprint density at radius 2 is 1.91 bits per heavy atom. The van der Waals surface area contributed by atoms with Crippen molar-refractivity contribution in [3.05, 3.63) is 0 Å². The zero-order valence-electron chi connectivity index (χ0n) is 14.5. The van der Waals surface area contributed by atoms with Crippen LogP contribution in [0.25, 0.3) is 0 Å². The molecule has 6 heteroatoms. The molecular weight excluding hydrogens is 280 g/mol. The number of carbonyl (C=O) groups excluding carboxylic acids is 1. The summed E-state index contributed by atoms with van der Waals surface area (Å²) in [5.41, 5.74) is -0.453. The summed E-state index contributed by atoms with van der Waals surface area (Å²) in [5.74, 6) is 0.881. The van der Waals surface area contributed by atoms with Crippen LogP contribution in [0.3, 0.4) is 0 Å². The molecule has 1 fully saturated rings. The van der Waals surface area contributed by atoms with Crippen molar-refractivity contribution in [3.8, 4) is 0 Å². The molecule has 0 heterocycles. The second kappa shape index (κ2) is 9.54. The standard InChI is InChI=1S/C16H32N4O2/c1-5-17-14(20-13-9-6-7-10-13)18-11-8-12-19-15(21)22-16(2,3)4/h13H,5-12H2,1-4H3,(H,19,21)(H2,17,18,20). The summed E-state index contributed by atoms with van der Waals surface area (Å²) in [5, 5.41) is 9.49. The Morgan fingerprint density at radius 1 is 1.23 bits per heavy atom. The Kier molecular flexibility index (Phi) is 8.06. The first kappa shape index (κ1) is 18.6. The monoisotopic (exact) mass is 312 g/mol. The molecule has 1 amide bonds. The summed E-state index contributed by atoms with van der Waals surface area (Å²) in [6, 6.07) is 0.553. The Bertz CT molecular complexity index is 358. The number of ether oxygens (including phenoxy) is 1. The van der Waals surface area contributed by atoms with Crippen LogP contribution in [0, 0.1) is 0 Å². The van der Waals surface area contributed by atoms with Crippen LogP contribution in [0.1, 0.15) is 59.8 Å². The Morgan fingerprint density at radius 3 is 2.50 bits per heavy atom. The summed E-state index contributed by atoms with van der Waals surface area (Å²) in [7, 11) is 0. The lowest BCUT2D eigenvalue weighted by Gasteiger charge is -2.19. The highest BCUT2D eigenvalue weighted by Gasteiger charge is 2.16. The molecule has 0 atom stereocenters. The van der Waals surface area contributed by atoms with Crippen LogP contribution in [0.5, 0.6) is 0 Å². The first-order valence-electron chi connectivity index (χ1n) is 8.42. The number of nitrogens with one attached hydrogen (secondary N) is 3. The highest BCUT2D eigenvalue weighted by molar-refractivity contribution is 5.80. The number of carbonyl (C=O) groups is 1. The minimum atomic E-state index is -0.453. The minimum Gasteiger partial charge on any atom is -0.444 e. The van der Waals surface area contributed by atoms with Crippen molar-refractivity contribution in [2.75, 3.05) is 19.6 Å². The summed E-state index contributed by atoms with van der Waals surface area (Å²) in [6.07, 6.45) is 5.48.